The third-order valence-electron chi connectivity index (χ3n) is 1.55. The molecule has 0 aliphatic carbocycles. The highest BCUT2D eigenvalue weighted by Gasteiger charge is 2.15. The summed E-state index contributed by atoms with van der Waals surface area (Å²) in [6, 6.07) is 2.33. The highest BCUT2D eigenvalue weighted by atomic mass is 35.5. The molecule has 0 fully saturated rings. The zero-order chi connectivity index (χ0) is 10.7. The summed E-state index contributed by atoms with van der Waals surface area (Å²) in [5.41, 5.74) is 5.44. The van der Waals surface area contributed by atoms with Crippen LogP contribution in [-0.4, -0.2) is 12.6 Å². The van der Waals surface area contributed by atoms with Crippen LogP contribution in [0.2, 0.25) is 5.02 Å². The van der Waals surface area contributed by atoms with Gasteiger partial charge in [-0.3, -0.25) is 0 Å². The minimum absolute atomic E-state index is 0.0500. The summed E-state index contributed by atoms with van der Waals surface area (Å²) in [6.45, 7) is 1.85. The lowest BCUT2D eigenvalue weighted by molar-refractivity contribution is 0.0526. The average molecular weight is 218 g/mol. The first-order chi connectivity index (χ1) is 6.56. The first-order valence-electron chi connectivity index (χ1n) is 3.98. The summed E-state index contributed by atoms with van der Waals surface area (Å²) in [5.74, 6) is -1.40. The largest absolute Gasteiger partial charge is 0.462 e. The molecular formula is C9H9ClFNO2. The second-order valence-corrected chi connectivity index (χ2v) is 2.96. The van der Waals surface area contributed by atoms with E-state index < -0.39 is 11.8 Å². The molecule has 3 nitrogen and oxygen atoms in total. The van der Waals surface area contributed by atoms with Gasteiger partial charge in [0, 0.05) is 5.69 Å². The quantitative estimate of drug-likeness (QED) is 0.611. The number of hydrogen-bond donors (Lipinski definition) is 1. The summed E-state index contributed by atoms with van der Waals surface area (Å²) in [6.07, 6.45) is 0. The van der Waals surface area contributed by atoms with E-state index in [9.17, 15) is 9.18 Å². The van der Waals surface area contributed by atoms with Gasteiger partial charge in [-0.1, -0.05) is 11.6 Å². The molecule has 0 unspecified atom stereocenters. The van der Waals surface area contributed by atoms with Crippen LogP contribution >= 0.6 is 11.6 Å². The van der Waals surface area contributed by atoms with Crippen molar-refractivity contribution in [2.45, 2.75) is 6.92 Å². The Morgan fingerprint density at radius 1 is 1.64 bits per heavy atom. The van der Waals surface area contributed by atoms with Gasteiger partial charge in [-0.15, -0.1) is 0 Å². The van der Waals surface area contributed by atoms with Gasteiger partial charge in [0.1, 0.15) is 5.82 Å². The van der Waals surface area contributed by atoms with Crippen molar-refractivity contribution in [2.75, 3.05) is 12.3 Å². The number of halogens is 2. The van der Waals surface area contributed by atoms with Gasteiger partial charge < -0.3 is 10.5 Å². The van der Waals surface area contributed by atoms with Crippen LogP contribution in [0.4, 0.5) is 10.1 Å². The number of benzene rings is 1. The Morgan fingerprint density at radius 2 is 2.29 bits per heavy atom. The van der Waals surface area contributed by atoms with Crippen molar-refractivity contribution in [3.05, 3.63) is 28.5 Å². The molecule has 0 saturated carbocycles. The van der Waals surface area contributed by atoms with Crippen molar-refractivity contribution in [3.63, 3.8) is 0 Å². The van der Waals surface area contributed by atoms with Crippen molar-refractivity contribution in [2.24, 2.45) is 0 Å². The van der Waals surface area contributed by atoms with E-state index in [2.05, 4.69) is 4.74 Å². The third-order valence-corrected chi connectivity index (χ3v) is 1.93. The number of carbonyl (C=O) groups is 1. The third kappa shape index (κ3) is 2.14. The van der Waals surface area contributed by atoms with Gasteiger partial charge in [0.15, 0.2) is 0 Å². The fraction of sp³-hybridized carbons (Fsp3) is 0.222. The second-order valence-electron chi connectivity index (χ2n) is 2.58. The summed E-state index contributed by atoms with van der Waals surface area (Å²) in [7, 11) is 0. The molecule has 1 aromatic carbocycles. The van der Waals surface area contributed by atoms with E-state index in [0.717, 1.165) is 6.07 Å². The number of nitrogens with two attached hydrogens (primary N) is 1. The smallest absolute Gasteiger partial charge is 0.339 e. The first-order valence-corrected chi connectivity index (χ1v) is 4.35. The Labute approximate surface area is 85.6 Å². The van der Waals surface area contributed by atoms with Gasteiger partial charge >= 0.3 is 5.97 Å². The molecule has 0 aliphatic rings. The topological polar surface area (TPSA) is 52.3 Å². The van der Waals surface area contributed by atoms with Gasteiger partial charge in [-0.25, -0.2) is 9.18 Å². The molecule has 1 rings (SSSR count). The van der Waals surface area contributed by atoms with E-state index in [1.165, 1.54) is 6.07 Å². The Bertz CT molecular complexity index is 368. The van der Waals surface area contributed by atoms with Crippen LogP contribution in [0.25, 0.3) is 0 Å². The standard InChI is InChI=1S/C9H9ClFNO2/c1-2-14-9(13)6-3-5(12)4-7(11)8(6)10/h3-4H,2,12H2,1H3. The summed E-state index contributed by atoms with van der Waals surface area (Å²) >= 11 is 5.56. The molecule has 0 aromatic heterocycles. The molecule has 76 valence electrons. The molecule has 0 spiro atoms. The van der Waals surface area contributed by atoms with Crippen LogP contribution < -0.4 is 5.73 Å². The van der Waals surface area contributed by atoms with Crippen molar-refractivity contribution >= 4 is 23.3 Å². The summed E-state index contributed by atoms with van der Waals surface area (Å²) < 4.78 is 17.7. The lowest BCUT2D eigenvalue weighted by atomic mass is 10.2. The minimum atomic E-state index is -0.727. The first kappa shape index (κ1) is 10.8. The molecule has 0 bridgehead atoms. The fourth-order valence-corrected chi connectivity index (χ4v) is 1.15. The Kier molecular flexibility index (Phi) is 3.30. The van der Waals surface area contributed by atoms with E-state index >= 15 is 0 Å². The molecule has 5 heteroatoms. The second kappa shape index (κ2) is 4.28. The predicted molar refractivity (Wildman–Crippen MR) is 51.8 cm³/mol. The van der Waals surface area contributed by atoms with Crippen LogP contribution in [0.3, 0.4) is 0 Å². The molecule has 2 N–H and O–H groups in total. The van der Waals surface area contributed by atoms with Gasteiger partial charge in [0.05, 0.1) is 17.2 Å². The van der Waals surface area contributed by atoms with E-state index in [-0.39, 0.29) is 22.9 Å². The highest BCUT2D eigenvalue weighted by Crippen LogP contribution is 2.23. The molecule has 0 radical (unpaired) electrons. The van der Waals surface area contributed by atoms with Crippen molar-refractivity contribution in [1.82, 2.24) is 0 Å². The molecule has 0 aliphatic heterocycles. The van der Waals surface area contributed by atoms with E-state index in [1.807, 2.05) is 0 Å². The van der Waals surface area contributed by atoms with Crippen molar-refractivity contribution in [1.29, 1.82) is 0 Å². The minimum Gasteiger partial charge on any atom is -0.462 e. The Morgan fingerprint density at radius 3 is 2.86 bits per heavy atom. The summed E-state index contributed by atoms with van der Waals surface area (Å²) in [4.78, 5) is 11.2. The number of carbonyl (C=O) groups excluding carboxylic acids is 1. The molecule has 0 saturated heterocycles. The fourth-order valence-electron chi connectivity index (χ4n) is 0.967. The maximum Gasteiger partial charge on any atom is 0.339 e. The molecule has 0 atom stereocenters. The summed E-state index contributed by atoms with van der Waals surface area (Å²) in [5, 5.41) is -0.266. The number of ether oxygens (including phenoxy) is 1. The molecule has 0 heterocycles. The Balaban J connectivity index is 3.13. The van der Waals surface area contributed by atoms with E-state index in [4.69, 9.17) is 17.3 Å². The normalized spacial score (nSPS) is 9.93. The molecule has 14 heavy (non-hydrogen) atoms. The number of hydrogen-bond acceptors (Lipinski definition) is 3. The van der Waals surface area contributed by atoms with Gasteiger partial charge in [0.25, 0.3) is 0 Å². The molecule has 0 amide bonds. The number of nitrogen functional groups attached to an aromatic ring is 1. The highest BCUT2D eigenvalue weighted by molar-refractivity contribution is 6.33. The van der Waals surface area contributed by atoms with Crippen LogP contribution in [0.1, 0.15) is 17.3 Å². The van der Waals surface area contributed by atoms with Gasteiger partial charge in [0.2, 0.25) is 0 Å². The number of esters is 1. The zero-order valence-corrected chi connectivity index (χ0v) is 8.27. The van der Waals surface area contributed by atoms with Crippen molar-refractivity contribution < 1.29 is 13.9 Å². The van der Waals surface area contributed by atoms with Crippen LogP contribution in [0.15, 0.2) is 12.1 Å². The zero-order valence-electron chi connectivity index (χ0n) is 7.51. The lowest BCUT2D eigenvalue weighted by Gasteiger charge is -2.05. The number of anilines is 1. The van der Waals surface area contributed by atoms with Crippen LogP contribution in [0, 0.1) is 5.82 Å². The van der Waals surface area contributed by atoms with E-state index in [0.29, 0.717) is 0 Å². The SMILES string of the molecule is CCOC(=O)c1cc(N)cc(F)c1Cl. The van der Waals surface area contributed by atoms with Crippen LogP contribution in [-0.2, 0) is 4.74 Å². The van der Waals surface area contributed by atoms with E-state index in [1.54, 1.807) is 6.92 Å². The maximum absolute atomic E-state index is 13.0. The monoisotopic (exact) mass is 217 g/mol. The van der Waals surface area contributed by atoms with Gasteiger partial charge in [-0.05, 0) is 19.1 Å². The molecular weight excluding hydrogens is 209 g/mol. The Hall–Kier alpha value is -1.29. The number of rotatable bonds is 2. The van der Waals surface area contributed by atoms with Crippen molar-refractivity contribution in [3.8, 4) is 0 Å². The predicted octanol–water partition coefficient (Wildman–Crippen LogP) is 2.24. The maximum atomic E-state index is 13.0. The van der Waals surface area contributed by atoms with Gasteiger partial charge in [-0.2, -0.15) is 0 Å². The molecule has 1 aromatic rings. The lowest BCUT2D eigenvalue weighted by Crippen LogP contribution is -2.07. The average Bonchev–Trinajstić information content (AvgIpc) is 2.11. The van der Waals surface area contributed by atoms with Crippen LogP contribution in [0.5, 0.6) is 0 Å².